The van der Waals surface area contributed by atoms with Crippen molar-refractivity contribution in [3.8, 4) is 5.82 Å². The van der Waals surface area contributed by atoms with E-state index >= 15 is 0 Å². The van der Waals surface area contributed by atoms with Gasteiger partial charge in [0.1, 0.15) is 11.0 Å². The third kappa shape index (κ3) is 7.54. The molecule has 63 heavy (non-hydrogen) atoms. The maximum Gasteiger partial charge on any atom is 0.278 e. The number of fused-ring (bicyclic) bond motifs is 3. The Balaban J connectivity index is 0.755. The van der Waals surface area contributed by atoms with Crippen molar-refractivity contribution in [3.05, 3.63) is 100 Å². The molecule has 0 radical (unpaired) electrons. The Morgan fingerprint density at radius 3 is 2.51 bits per heavy atom. The molecule has 6 aromatic rings. The molecule has 326 valence electrons. The van der Waals surface area contributed by atoms with Crippen molar-refractivity contribution in [1.29, 1.82) is 0 Å². The smallest absolute Gasteiger partial charge is 0.278 e. The predicted octanol–water partition coefficient (Wildman–Crippen LogP) is 4.81. The average molecular weight is 851 g/mol. The Morgan fingerprint density at radius 2 is 1.75 bits per heavy atom. The molecular weight excluding hydrogens is 797 g/mol. The van der Waals surface area contributed by atoms with E-state index in [1.165, 1.54) is 11.4 Å². The lowest BCUT2D eigenvalue weighted by Gasteiger charge is -2.40. The molecule has 1 unspecified atom stereocenters. The largest absolute Gasteiger partial charge is 0.384 e. The lowest BCUT2D eigenvalue weighted by atomic mass is 9.93. The Hall–Kier alpha value is -6.39. The number of aliphatic hydroxyl groups is 1. The van der Waals surface area contributed by atoms with E-state index in [1.807, 2.05) is 23.9 Å². The van der Waals surface area contributed by atoms with Crippen LogP contribution in [0, 0.1) is 12.8 Å². The van der Waals surface area contributed by atoms with Crippen molar-refractivity contribution in [2.24, 2.45) is 13.0 Å². The molecule has 16 heteroatoms. The van der Waals surface area contributed by atoms with Gasteiger partial charge in [-0.25, -0.2) is 19.3 Å². The van der Waals surface area contributed by atoms with E-state index in [0.29, 0.717) is 53.7 Å². The van der Waals surface area contributed by atoms with Crippen LogP contribution < -0.4 is 26.0 Å². The molecule has 3 aliphatic heterocycles. The second kappa shape index (κ2) is 16.1. The molecule has 4 aromatic heterocycles. The summed E-state index contributed by atoms with van der Waals surface area (Å²) in [6, 6.07) is 16.6. The maximum absolute atomic E-state index is 13.5. The summed E-state index contributed by atoms with van der Waals surface area (Å²) < 4.78 is 5.11. The van der Waals surface area contributed by atoms with Crippen molar-refractivity contribution >= 4 is 56.8 Å². The highest BCUT2D eigenvalue weighted by atomic mass is 16.3. The molecule has 0 spiro atoms. The van der Waals surface area contributed by atoms with Crippen LogP contribution in [0.15, 0.2) is 72.2 Å². The highest BCUT2D eigenvalue weighted by molar-refractivity contribution is 6.02. The fraction of sp³-hybridized carbons (Fsp3) is 0.426. The number of rotatable bonds is 10. The SMILES string of the molecule is C=CCn1c(=O)c2cnc(Nc3ccc(N4CCC(CN5CCN(c6ccc7c(C8CCC(=O)NC8=O)nn(C)c7c6)CC5)CC4)c(C)c3)nc2n1-c1ccc2c(n1)[C@](C)(O)CC2. The first-order chi connectivity index (χ1) is 30.4. The molecule has 2 amide bonds. The molecule has 3 fully saturated rings. The van der Waals surface area contributed by atoms with E-state index < -0.39 is 11.5 Å². The second-order valence-electron chi connectivity index (χ2n) is 17.9. The zero-order chi connectivity index (χ0) is 43.6. The van der Waals surface area contributed by atoms with Gasteiger partial charge in [0.05, 0.1) is 29.4 Å². The number of carbonyl (C=O) groups excluding carboxylic acids is 2. The van der Waals surface area contributed by atoms with Gasteiger partial charge in [0, 0.05) is 87.9 Å². The lowest BCUT2D eigenvalue weighted by Crippen LogP contribution is -2.49. The van der Waals surface area contributed by atoms with E-state index in [-0.39, 0.29) is 23.9 Å². The second-order valence-corrected chi connectivity index (χ2v) is 17.9. The van der Waals surface area contributed by atoms with Gasteiger partial charge in [-0.05, 0) is 105 Å². The zero-order valence-electron chi connectivity index (χ0n) is 36.2. The number of amides is 2. The maximum atomic E-state index is 13.5. The van der Waals surface area contributed by atoms with E-state index in [4.69, 9.17) is 15.1 Å². The van der Waals surface area contributed by atoms with Crippen molar-refractivity contribution in [1.82, 2.24) is 44.3 Å². The summed E-state index contributed by atoms with van der Waals surface area (Å²) in [6.07, 6.45) is 7.69. The number of anilines is 4. The number of aromatic nitrogens is 7. The first kappa shape index (κ1) is 40.7. The number of piperazine rings is 1. The number of hydrogen-bond donors (Lipinski definition) is 3. The summed E-state index contributed by atoms with van der Waals surface area (Å²) in [5.74, 6) is 0.639. The summed E-state index contributed by atoms with van der Waals surface area (Å²) in [5, 5.41) is 22.9. The van der Waals surface area contributed by atoms with Crippen molar-refractivity contribution in [2.75, 3.05) is 60.9 Å². The van der Waals surface area contributed by atoms with Crippen LogP contribution in [-0.2, 0) is 35.2 Å². The molecule has 4 aliphatic rings. The topological polar surface area (TPSA) is 172 Å². The number of piperidine rings is 2. The standard InChI is InChI=1S/C47H54N12O4/c1-5-18-58-45(62)36-27-48-46(52-43(36)59(58)39-12-6-31-14-17-47(3,63)42(31)50-39)49-32-7-11-37(29(2)25-32)57-19-15-30(16-20-57)28-55-21-23-56(24-22-55)33-8-9-34-38(26-33)54(4)53-41(34)35-10-13-40(60)51-44(35)61/h5-9,11-12,25-27,30,35,63H,1,10,13-24,28H2,2-4H3,(H,48,49,52)(H,51,60,61)/t35?,47-/m1/s1. The van der Waals surface area contributed by atoms with Crippen molar-refractivity contribution in [3.63, 3.8) is 0 Å². The Kier molecular flexibility index (Phi) is 10.4. The Morgan fingerprint density at radius 1 is 0.937 bits per heavy atom. The molecule has 0 saturated carbocycles. The molecule has 2 atom stereocenters. The van der Waals surface area contributed by atoms with Crippen LogP contribution in [0.2, 0.25) is 0 Å². The van der Waals surface area contributed by atoms with Crippen LogP contribution in [0.1, 0.15) is 67.5 Å². The monoisotopic (exact) mass is 850 g/mol. The first-order valence-electron chi connectivity index (χ1n) is 22.2. The summed E-state index contributed by atoms with van der Waals surface area (Å²) >= 11 is 0. The van der Waals surface area contributed by atoms with Crippen molar-refractivity contribution < 1.29 is 14.7 Å². The summed E-state index contributed by atoms with van der Waals surface area (Å²) in [7, 11) is 1.92. The summed E-state index contributed by atoms with van der Waals surface area (Å²) in [4.78, 5) is 59.6. The van der Waals surface area contributed by atoms with E-state index in [2.05, 4.69) is 80.2 Å². The number of nitrogens with zero attached hydrogens (tertiary/aromatic N) is 10. The zero-order valence-corrected chi connectivity index (χ0v) is 36.2. The van der Waals surface area contributed by atoms with E-state index in [0.717, 1.165) is 98.5 Å². The Bertz CT molecular complexity index is 2840. The van der Waals surface area contributed by atoms with Crippen molar-refractivity contribution in [2.45, 2.75) is 70.4 Å². The van der Waals surface area contributed by atoms with Gasteiger partial charge in [0.2, 0.25) is 17.8 Å². The number of hydrogen-bond acceptors (Lipinski definition) is 12. The molecule has 7 heterocycles. The molecule has 16 nitrogen and oxygen atoms in total. The van der Waals surface area contributed by atoms with Gasteiger partial charge in [-0.3, -0.25) is 29.3 Å². The number of pyridine rings is 1. The van der Waals surface area contributed by atoms with Gasteiger partial charge in [0.25, 0.3) is 5.56 Å². The van der Waals surface area contributed by atoms with Gasteiger partial charge in [-0.2, -0.15) is 10.1 Å². The molecule has 10 rings (SSSR count). The van der Waals surface area contributed by atoms with Gasteiger partial charge in [-0.1, -0.05) is 12.1 Å². The molecule has 3 N–H and O–H groups in total. The minimum atomic E-state index is -1.03. The highest BCUT2D eigenvalue weighted by Gasteiger charge is 2.35. The normalized spacial score (nSPS) is 21.0. The predicted molar refractivity (Wildman–Crippen MR) is 243 cm³/mol. The third-order valence-electron chi connectivity index (χ3n) is 13.6. The summed E-state index contributed by atoms with van der Waals surface area (Å²) in [6.45, 7) is 15.1. The minimum Gasteiger partial charge on any atom is -0.384 e. The number of allylic oxidation sites excluding steroid dienone is 1. The highest BCUT2D eigenvalue weighted by Crippen LogP contribution is 2.37. The fourth-order valence-electron chi connectivity index (χ4n) is 10.2. The quantitative estimate of drug-likeness (QED) is 0.127. The molecular formula is C47H54N12O4. The van der Waals surface area contributed by atoms with Crippen LogP contribution in [-0.4, -0.2) is 102 Å². The van der Waals surface area contributed by atoms with E-state index in [9.17, 15) is 19.5 Å². The third-order valence-corrected chi connectivity index (χ3v) is 13.6. The van der Waals surface area contributed by atoms with Crippen LogP contribution in [0.4, 0.5) is 23.0 Å². The molecule has 3 saturated heterocycles. The number of benzene rings is 2. The number of imide groups is 1. The van der Waals surface area contributed by atoms with E-state index in [1.54, 1.807) is 28.6 Å². The molecule has 1 aliphatic carbocycles. The van der Waals surface area contributed by atoms with Gasteiger partial charge in [-0.15, -0.1) is 6.58 Å². The fourth-order valence-corrected chi connectivity index (χ4v) is 10.2. The first-order valence-corrected chi connectivity index (χ1v) is 22.2. The Labute approximate surface area is 365 Å². The van der Waals surface area contributed by atoms with Gasteiger partial charge >= 0.3 is 0 Å². The van der Waals surface area contributed by atoms with Crippen LogP contribution in [0.3, 0.4) is 0 Å². The van der Waals surface area contributed by atoms with Crippen LogP contribution >= 0.6 is 0 Å². The molecule has 2 aromatic carbocycles. The van der Waals surface area contributed by atoms with Gasteiger partial charge in [0.15, 0.2) is 11.5 Å². The van der Waals surface area contributed by atoms with Crippen LogP contribution in [0.25, 0.3) is 27.8 Å². The number of carbonyl (C=O) groups is 2. The molecule has 0 bridgehead atoms. The number of nitrogens with one attached hydrogen (secondary N) is 2. The van der Waals surface area contributed by atoms with Gasteiger partial charge < -0.3 is 20.2 Å². The summed E-state index contributed by atoms with van der Waals surface area (Å²) in [5.41, 5.74) is 6.95. The minimum absolute atomic E-state index is 0.214. The van der Waals surface area contributed by atoms with Crippen LogP contribution in [0.5, 0.6) is 0 Å². The lowest BCUT2D eigenvalue weighted by molar-refractivity contribution is -0.134. The average Bonchev–Trinajstić information content (AvgIpc) is 3.87. The number of aryl methyl sites for hydroxylation is 3.